The van der Waals surface area contributed by atoms with Crippen molar-refractivity contribution in [3.8, 4) is 6.07 Å². The first-order valence-corrected chi connectivity index (χ1v) is 3.81. The predicted octanol–water partition coefficient (Wildman–Crippen LogP) is 0.564. The van der Waals surface area contributed by atoms with Crippen LogP contribution >= 0.6 is 0 Å². The molecule has 0 aromatic carbocycles. The SMILES string of the molecule is CC[C@H](C#N)C(O)CC[N+](=O)[O-]. The van der Waals surface area contributed by atoms with Crippen LogP contribution in [0.3, 0.4) is 0 Å². The second kappa shape index (κ2) is 5.49. The number of nitro groups is 1. The molecule has 0 aromatic heterocycles. The third-order valence-electron chi connectivity index (χ3n) is 1.68. The van der Waals surface area contributed by atoms with Crippen LogP contribution in [-0.2, 0) is 0 Å². The van der Waals surface area contributed by atoms with Crippen LogP contribution in [0.15, 0.2) is 0 Å². The quantitative estimate of drug-likeness (QED) is 0.485. The van der Waals surface area contributed by atoms with E-state index in [0.29, 0.717) is 6.42 Å². The lowest BCUT2D eigenvalue weighted by Crippen LogP contribution is -2.21. The lowest BCUT2D eigenvalue weighted by Gasteiger charge is -2.11. The number of aliphatic hydroxyl groups is 1. The Hall–Kier alpha value is -1.15. The van der Waals surface area contributed by atoms with Crippen molar-refractivity contribution < 1.29 is 10.0 Å². The zero-order chi connectivity index (χ0) is 9.56. The molecule has 1 N–H and O–H groups in total. The molecule has 0 radical (unpaired) electrons. The van der Waals surface area contributed by atoms with E-state index >= 15 is 0 Å². The van der Waals surface area contributed by atoms with Gasteiger partial charge in [0.15, 0.2) is 0 Å². The van der Waals surface area contributed by atoms with Crippen LogP contribution in [0.5, 0.6) is 0 Å². The van der Waals surface area contributed by atoms with Gasteiger partial charge in [-0.2, -0.15) is 5.26 Å². The van der Waals surface area contributed by atoms with Gasteiger partial charge in [0.25, 0.3) is 0 Å². The Morgan fingerprint density at radius 2 is 2.33 bits per heavy atom. The fourth-order valence-corrected chi connectivity index (χ4v) is 0.888. The Morgan fingerprint density at radius 3 is 2.67 bits per heavy atom. The summed E-state index contributed by atoms with van der Waals surface area (Å²) in [6.45, 7) is 1.49. The van der Waals surface area contributed by atoms with Crippen LogP contribution in [0, 0.1) is 27.4 Å². The first-order chi connectivity index (χ1) is 5.61. The zero-order valence-corrected chi connectivity index (χ0v) is 6.93. The zero-order valence-electron chi connectivity index (χ0n) is 6.93. The highest BCUT2D eigenvalue weighted by Gasteiger charge is 2.18. The molecule has 2 atom stereocenters. The first-order valence-electron chi connectivity index (χ1n) is 3.81. The molecule has 0 fully saturated rings. The topological polar surface area (TPSA) is 87.2 Å². The van der Waals surface area contributed by atoms with Gasteiger partial charge in [-0.15, -0.1) is 0 Å². The Bertz CT molecular complexity index is 188. The van der Waals surface area contributed by atoms with E-state index in [1.807, 2.05) is 6.07 Å². The van der Waals surface area contributed by atoms with Crippen molar-refractivity contribution in [2.75, 3.05) is 6.54 Å². The average molecular weight is 172 g/mol. The molecule has 0 bridgehead atoms. The Balaban J connectivity index is 3.78. The lowest BCUT2D eigenvalue weighted by atomic mass is 9.99. The highest BCUT2D eigenvalue weighted by Crippen LogP contribution is 2.10. The average Bonchev–Trinajstić information content (AvgIpc) is 2.03. The summed E-state index contributed by atoms with van der Waals surface area (Å²) in [4.78, 5) is 9.42. The van der Waals surface area contributed by atoms with E-state index in [0.717, 1.165) is 0 Å². The van der Waals surface area contributed by atoms with Gasteiger partial charge < -0.3 is 5.11 Å². The fraction of sp³-hybridized carbons (Fsp3) is 0.857. The van der Waals surface area contributed by atoms with E-state index in [1.54, 1.807) is 6.92 Å². The van der Waals surface area contributed by atoms with Gasteiger partial charge in [0, 0.05) is 11.3 Å². The maximum atomic E-state index is 9.91. The molecular weight excluding hydrogens is 160 g/mol. The molecule has 1 unspecified atom stereocenters. The largest absolute Gasteiger partial charge is 0.392 e. The number of hydrogen-bond donors (Lipinski definition) is 1. The molecular formula is C7H12N2O3. The Kier molecular flexibility index (Phi) is 4.97. The van der Waals surface area contributed by atoms with Crippen molar-refractivity contribution in [3.05, 3.63) is 10.1 Å². The monoisotopic (exact) mass is 172 g/mol. The summed E-state index contributed by atoms with van der Waals surface area (Å²) >= 11 is 0. The van der Waals surface area contributed by atoms with Crippen LogP contribution in [0.2, 0.25) is 0 Å². The van der Waals surface area contributed by atoms with Crippen molar-refractivity contribution in [2.24, 2.45) is 5.92 Å². The highest BCUT2D eigenvalue weighted by molar-refractivity contribution is 4.86. The standard InChI is InChI=1S/C7H12N2O3/c1-2-6(5-8)7(10)3-4-9(11)12/h6-7,10H,2-4H2,1H3/t6-,7?/m1/s1. The van der Waals surface area contributed by atoms with Gasteiger partial charge in [0.1, 0.15) is 0 Å². The normalized spacial score (nSPS) is 14.8. The van der Waals surface area contributed by atoms with Crippen molar-refractivity contribution in [3.63, 3.8) is 0 Å². The van der Waals surface area contributed by atoms with Crippen molar-refractivity contribution >= 4 is 0 Å². The van der Waals surface area contributed by atoms with E-state index in [9.17, 15) is 15.2 Å². The second-order valence-corrected chi connectivity index (χ2v) is 2.56. The smallest absolute Gasteiger partial charge is 0.206 e. The first kappa shape index (κ1) is 10.8. The molecule has 0 spiro atoms. The van der Waals surface area contributed by atoms with E-state index < -0.39 is 16.9 Å². The predicted molar refractivity (Wildman–Crippen MR) is 41.9 cm³/mol. The van der Waals surface area contributed by atoms with Gasteiger partial charge in [-0.05, 0) is 6.42 Å². The summed E-state index contributed by atoms with van der Waals surface area (Å²) in [6.07, 6.45) is -0.292. The van der Waals surface area contributed by atoms with Gasteiger partial charge in [-0.25, -0.2) is 0 Å². The lowest BCUT2D eigenvalue weighted by molar-refractivity contribution is -0.482. The van der Waals surface area contributed by atoms with Gasteiger partial charge in [-0.3, -0.25) is 10.1 Å². The van der Waals surface area contributed by atoms with E-state index in [2.05, 4.69) is 0 Å². The summed E-state index contributed by atoms with van der Waals surface area (Å²) < 4.78 is 0. The summed E-state index contributed by atoms with van der Waals surface area (Å²) in [6, 6.07) is 1.90. The maximum absolute atomic E-state index is 9.91. The van der Waals surface area contributed by atoms with Gasteiger partial charge in [0.2, 0.25) is 6.54 Å². The number of nitrogens with zero attached hydrogens (tertiary/aromatic N) is 2. The summed E-state index contributed by atoms with van der Waals surface area (Å²) in [5.74, 6) is -0.482. The van der Waals surface area contributed by atoms with Gasteiger partial charge in [0.05, 0.1) is 18.1 Å². The van der Waals surface area contributed by atoms with Crippen LogP contribution in [0.4, 0.5) is 0 Å². The third-order valence-corrected chi connectivity index (χ3v) is 1.68. The molecule has 5 heteroatoms. The van der Waals surface area contributed by atoms with Gasteiger partial charge in [-0.1, -0.05) is 6.92 Å². The molecule has 0 aliphatic rings. The molecule has 0 rings (SSSR count). The molecule has 0 aromatic rings. The summed E-state index contributed by atoms with van der Waals surface area (Å²) in [7, 11) is 0. The Labute approximate surface area is 70.8 Å². The number of rotatable bonds is 5. The Morgan fingerprint density at radius 1 is 1.75 bits per heavy atom. The minimum atomic E-state index is -0.870. The number of hydrogen-bond acceptors (Lipinski definition) is 4. The van der Waals surface area contributed by atoms with Crippen molar-refractivity contribution in [1.82, 2.24) is 0 Å². The second-order valence-electron chi connectivity index (χ2n) is 2.56. The van der Waals surface area contributed by atoms with Crippen LogP contribution < -0.4 is 0 Å². The van der Waals surface area contributed by atoms with E-state index in [4.69, 9.17) is 5.26 Å². The molecule has 0 saturated heterocycles. The third kappa shape index (κ3) is 3.88. The highest BCUT2D eigenvalue weighted by atomic mass is 16.6. The minimum absolute atomic E-state index is 0.0546. The van der Waals surface area contributed by atoms with E-state index in [-0.39, 0.29) is 13.0 Å². The fourth-order valence-electron chi connectivity index (χ4n) is 0.888. The summed E-state index contributed by atoms with van der Waals surface area (Å²) in [5, 5.41) is 27.6. The minimum Gasteiger partial charge on any atom is -0.392 e. The molecule has 68 valence electrons. The number of aliphatic hydroxyl groups excluding tert-OH is 1. The molecule has 0 amide bonds. The van der Waals surface area contributed by atoms with Crippen molar-refractivity contribution in [2.45, 2.75) is 25.9 Å². The van der Waals surface area contributed by atoms with Gasteiger partial charge >= 0.3 is 0 Å². The maximum Gasteiger partial charge on any atom is 0.206 e. The van der Waals surface area contributed by atoms with E-state index in [1.165, 1.54) is 0 Å². The molecule has 0 saturated carbocycles. The van der Waals surface area contributed by atoms with Crippen molar-refractivity contribution in [1.29, 1.82) is 5.26 Å². The van der Waals surface area contributed by atoms with Crippen LogP contribution in [-0.4, -0.2) is 22.7 Å². The molecule has 5 nitrogen and oxygen atoms in total. The molecule has 0 heterocycles. The molecule has 12 heavy (non-hydrogen) atoms. The number of nitriles is 1. The van der Waals surface area contributed by atoms with Crippen LogP contribution in [0.25, 0.3) is 0 Å². The molecule has 0 aliphatic carbocycles. The summed E-state index contributed by atoms with van der Waals surface area (Å²) in [5.41, 5.74) is 0. The van der Waals surface area contributed by atoms with Crippen LogP contribution in [0.1, 0.15) is 19.8 Å². The molecule has 0 aliphatic heterocycles.